The summed E-state index contributed by atoms with van der Waals surface area (Å²) in [5, 5.41) is 18.0. The summed E-state index contributed by atoms with van der Waals surface area (Å²) in [5.41, 5.74) is 5.59. The molecule has 2 aromatic heterocycles. The van der Waals surface area contributed by atoms with Gasteiger partial charge in [-0.05, 0) is 103 Å². The van der Waals surface area contributed by atoms with Crippen LogP contribution in [-0.2, 0) is 11.4 Å². The molecule has 0 unspecified atom stereocenters. The van der Waals surface area contributed by atoms with Gasteiger partial charge >= 0.3 is 11.6 Å². The number of nitrogens with one attached hydrogen (secondary N) is 2. The number of carbonyl (C=O) groups excluding carboxylic acids is 2. The summed E-state index contributed by atoms with van der Waals surface area (Å²) in [7, 11) is 0. The summed E-state index contributed by atoms with van der Waals surface area (Å²) in [6, 6.07) is 22.7. The van der Waals surface area contributed by atoms with Crippen molar-refractivity contribution < 1.29 is 32.8 Å². The van der Waals surface area contributed by atoms with Crippen LogP contribution in [0.3, 0.4) is 0 Å². The molecule has 0 fully saturated rings. The zero-order chi connectivity index (χ0) is 33.5. The maximum atomic E-state index is 13.4. The molecule has 2 amide bonds. The lowest BCUT2D eigenvalue weighted by Crippen LogP contribution is -2.20. The number of nitro benzene ring substituents is 1. The van der Waals surface area contributed by atoms with Crippen LogP contribution >= 0.6 is 15.9 Å². The predicted molar refractivity (Wildman–Crippen MR) is 175 cm³/mol. The van der Waals surface area contributed by atoms with Crippen LogP contribution in [0.5, 0.6) is 11.5 Å². The number of aryl methyl sites for hydroxylation is 2. The maximum absolute atomic E-state index is 13.4. The molecule has 0 aliphatic carbocycles. The van der Waals surface area contributed by atoms with Crippen molar-refractivity contribution in [2.24, 2.45) is 5.10 Å². The molecule has 240 valence electrons. The first-order valence-electron chi connectivity index (χ1n) is 14.0. The number of rotatable bonds is 12. The smallest absolute Gasteiger partial charge is 0.312 e. The third-order valence-corrected chi connectivity index (χ3v) is 7.30. The Hall–Kier alpha value is -5.76. The molecule has 0 radical (unpaired) electrons. The molecule has 0 aliphatic rings. The van der Waals surface area contributed by atoms with E-state index in [1.165, 1.54) is 36.5 Å². The standard InChI is InChI=1S/C33H27BrFN5O7/c1-20-6-7-21(2)39(20)25-8-10-26(11-9-25)45-18-27-12-13-30(47-27)33(42)38-36-17-22-14-28(34)32(29(15-22)40(43)44)46-19-31(41)37-24-5-3-4-23(35)16-24/h3-17H,18-19H2,1-2H3,(H,37,41)(H,38,42)/b36-17+. The number of hydrazone groups is 1. The van der Waals surface area contributed by atoms with Gasteiger partial charge in [-0.25, -0.2) is 9.82 Å². The Bertz CT molecular complexity index is 1950. The molecular weight excluding hydrogens is 677 g/mol. The zero-order valence-electron chi connectivity index (χ0n) is 25.0. The number of ether oxygens (including phenoxy) is 2. The highest BCUT2D eigenvalue weighted by molar-refractivity contribution is 9.10. The van der Waals surface area contributed by atoms with E-state index in [0.717, 1.165) is 29.2 Å². The average molecular weight is 705 g/mol. The molecule has 5 aromatic rings. The Kier molecular flexibility index (Phi) is 10.1. The Morgan fingerprint density at radius 2 is 1.77 bits per heavy atom. The topological polar surface area (TPSA) is 150 Å². The molecule has 3 aromatic carbocycles. The number of halogens is 2. The van der Waals surface area contributed by atoms with Gasteiger partial charge < -0.3 is 23.8 Å². The average Bonchev–Trinajstić information content (AvgIpc) is 3.65. The normalized spacial score (nSPS) is 11.0. The number of nitrogens with zero attached hydrogens (tertiary/aromatic N) is 3. The van der Waals surface area contributed by atoms with E-state index in [-0.39, 0.29) is 33.8 Å². The molecule has 5 rings (SSSR count). The first-order chi connectivity index (χ1) is 22.6. The fraction of sp³-hybridized carbons (Fsp3) is 0.121. The summed E-state index contributed by atoms with van der Waals surface area (Å²) >= 11 is 3.22. The maximum Gasteiger partial charge on any atom is 0.312 e. The van der Waals surface area contributed by atoms with Gasteiger partial charge in [0.1, 0.15) is 23.9 Å². The molecule has 2 N–H and O–H groups in total. The minimum atomic E-state index is -0.689. The summed E-state index contributed by atoms with van der Waals surface area (Å²) in [4.78, 5) is 35.8. The minimum absolute atomic E-state index is 0.0120. The lowest BCUT2D eigenvalue weighted by Gasteiger charge is -2.10. The fourth-order valence-corrected chi connectivity index (χ4v) is 5.15. The number of furan rings is 1. The quantitative estimate of drug-likeness (QED) is 0.0819. The highest BCUT2D eigenvalue weighted by Gasteiger charge is 2.21. The van der Waals surface area contributed by atoms with Crippen molar-refractivity contribution in [3.05, 3.63) is 134 Å². The van der Waals surface area contributed by atoms with E-state index in [0.29, 0.717) is 11.5 Å². The van der Waals surface area contributed by atoms with Crippen LogP contribution < -0.4 is 20.2 Å². The number of hydrogen-bond donors (Lipinski definition) is 2. The highest BCUT2D eigenvalue weighted by atomic mass is 79.9. The van der Waals surface area contributed by atoms with E-state index in [1.54, 1.807) is 6.07 Å². The van der Waals surface area contributed by atoms with Crippen LogP contribution in [0.4, 0.5) is 15.8 Å². The number of nitro groups is 1. The van der Waals surface area contributed by atoms with Gasteiger partial charge in [-0.15, -0.1) is 0 Å². The summed E-state index contributed by atoms with van der Waals surface area (Å²) < 4.78 is 32.4. The van der Waals surface area contributed by atoms with Gasteiger partial charge in [-0.3, -0.25) is 19.7 Å². The van der Waals surface area contributed by atoms with Crippen LogP contribution in [0.2, 0.25) is 0 Å². The van der Waals surface area contributed by atoms with Crippen molar-refractivity contribution in [2.75, 3.05) is 11.9 Å². The van der Waals surface area contributed by atoms with Gasteiger partial charge in [0.2, 0.25) is 5.75 Å². The molecule has 12 nitrogen and oxygen atoms in total. The molecule has 0 atom stereocenters. The molecule has 0 bridgehead atoms. The number of anilines is 1. The van der Waals surface area contributed by atoms with Gasteiger partial charge in [0.15, 0.2) is 12.4 Å². The zero-order valence-corrected chi connectivity index (χ0v) is 26.6. The lowest BCUT2D eigenvalue weighted by molar-refractivity contribution is -0.385. The summed E-state index contributed by atoms with van der Waals surface area (Å²) in [6.07, 6.45) is 1.20. The Morgan fingerprint density at radius 3 is 2.47 bits per heavy atom. The van der Waals surface area contributed by atoms with Crippen molar-refractivity contribution >= 4 is 45.3 Å². The van der Waals surface area contributed by atoms with Gasteiger partial charge in [0.05, 0.1) is 15.6 Å². The number of hydrogen-bond acceptors (Lipinski definition) is 8. The van der Waals surface area contributed by atoms with Crippen molar-refractivity contribution in [1.82, 2.24) is 9.99 Å². The van der Waals surface area contributed by atoms with Gasteiger partial charge in [-0.1, -0.05) is 6.07 Å². The first kappa shape index (κ1) is 32.6. The lowest BCUT2D eigenvalue weighted by atomic mass is 10.2. The molecule has 2 heterocycles. The number of aromatic nitrogens is 1. The second-order valence-electron chi connectivity index (χ2n) is 10.2. The van der Waals surface area contributed by atoms with Crippen LogP contribution in [0.1, 0.15) is 33.3 Å². The summed E-state index contributed by atoms with van der Waals surface area (Å²) in [6.45, 7) is 3.60. The first-order valence-corrected chi connectivity index (χ1v) is 14.8. The van der Waals surface area contributed by atoms with Crippen molar-refractivity contribution in [1.29, 1.82) is 0 Å². The van der Waals surface area contributed by atoms with Crippen molar-refractivity contribution in [3.8, 4) is 17.2 Å². The van der Waals surface area contributed by atoms with Gasteiger partial charge in [0.25, 0.3) is 5.91 Å². The number of amides is 2. The Morgan fingerprint density at radius 1 is 1.02 bits per heavy atom. The molecule has 0 aliphatic heterocycles. The molecule has 47 heavy (non-hydrogen) atoms. The van der Waals surface area contributed by atoms with E-state index in [2.05, 4.69) is 48.5 Å². The van der Waals surface area contributed by atoms with Gasteiger partial charge in [0, 0.05) is 34.4 Å². The van der Waals surface area contributed by atoms with E-state index in [1.807, 2.05) is 38.1 Å². The molecule has 14 heteroatoms. The van der Waals surface area contributed by atoms with Gasteiger partial charge in [-0.2, -0.15) is 5.10 Å². The SMILES string of the molecule is Cc1ccc(C)n1-c1ccc(OCc2ccc(C(=O)N/N=C/c3cc(Br)c(OCC(=O)Nc4cccc(F)c4)c([N+](=O)[O-])c3)o2)cc1. The molecule has 0 spiro atoms. The third-order valence-electron chi connectivity index (χ3n) is 6.71. The van der Waals surface area contributed by atoms with E-state index >= 15 is 0 Å². The molecule has 0 saturated heterocycles. The van der Waals surface area contributed by atoms with E-state index in [4.69, 9.17) is 13.9 Å². The van der Waals surface area contributed by atoms with Crippen molar-refractivity contribution in [3.63, 3.8) is 0 Å². The van der Waals surface area contributed by atoms with E-state index < -0.39 is 34.8 Å². The Labute approximate surface area is 276 Å². The molecular formula is C33H27BrFN5O7. The largest absolute Gasteiger partial charge is 0.486 e. The molecule has 0 saturated carbocycles. The fourth-order valence-electron chi connectivity index (χ4n) is 4.57. The van der Waals surface area contributed by atoms with E-state index in [9.17, 15) is 24.1 Å². The van der Waals surface area contributed by atoms with Crippen LogP contribution in [0.15, 0.2) is 98.9 Å². The third kappa shape index (κ3) is 8.29. The number of carbonyl (C=O) groups is 2. The highest BCUT2D eigenvalue weighted by Crippen LogP contribution is 2.36. The number of benzene rings is 3. The van der Waals surface area contributed by atoms with Crippen LogP contribution in [0, 0.1) is 29.8 Å². The monoisotopic (exact) mass is 703 g/mol. The summed E-state index contributed by atoms with van der Waals surface area (Å²) in [5.74, 6) is -0.990. The minimum Gasteiger partial charge on any atom is -0.486 e. The Balaban J connectivity index is 1.14. The van der Waals surface area contributed by atoms with Crippen LogP contribution in [0.25, 0.3) is 5.69 Å². The predicted octanol–water partition coefficient (Wildman–Crippen LogP) is 6.86. The van der Waals surface area contributed by atoms with Crippen LogP contribution in [-0.4, -0.2) is 34.1 Å². The second kappa shape index (κ2) is 14.6. The van der Waals surface area contributed by atoms with Crippen molar-refractivity contribution in [2.45, 2.75) is 20.5 Å². The second-order valence-corrected chi connectivity index (χ2v) is 11.0.